The Morgan fingerprint density at radius 1 is 1.80 bits per heavy atom. The third kappa shape index (κ3) is 5.53. The van der Waals surface area contributed by atoms with Gasteiger partial charge in [0, 0.05) is 12.5 Å². The van der Waals surface area contributed by atoms with Crippen molar-refractivity contribution in [3.05, 3.63) is 0 Å². The first kappa shape index (κ1) is 9.39. The SMILES string of the molecule is CONC(C)CCC(=O)O. The highest BCUT2D eigenvalue weighted by Crippen LogP contribution is 1.94. The first-order valence-electron chi connectivity index (χ1n) is 3.17. The first-order valence-corrected chi connectivity index (χ1v) is 3.17. The van der Waals surface area contributed by atoms with Crippen LogP contribution in [0, 0.1) is 0 Å². The molecule has 10 heavy (non-hydrogen) atoms. The van der Waals surface area contributed by atoms with E-state index in [0.29, 0.717) is 6.42 Å². The van der Waals surface area contributed by atoms with E-state index in [1.165, 1.54) is 7.11 Å². The van der Waals surface area contributed by atoms with Crippen molar-refractivity contribution in [1.29, 1.82) is 0 Å². The molecule has 0 radical (unpaired) electrons. The number of hydrogen-bond acceptors (Lipinski definition) is 3. The van der Waals surface area contributed by atoms with Crippen LogP contribution in [0.25, 0.3) is 0 Å². The van der Waals surface area contributed by atoms with E-state index in [1.807, 2.05) is 6.92 Å². The van der Waals surface area contributed by atoms with Gasteiger partial charge in [0.15, 0.2) is 0 Å². The average molecular weight is 147 g/mol. The molecule has 0 aromatic rings. The van der Waals surface area contributed by atoms with Crippen LogP contribution in [0.5, 0.6) is 0 Å². The van der Waals surface area contributed by atoms with E-state index in [2.05, 4.69) is 10.3 Å². The normalized spacial score (nSPS) is 13.0. The van der Waals surface area contributed by atoms with Gasteiger partial charge in [-0.3, -0.25) is 4.79 Å². The summed E-state index contributed by atoms with van der Waals surface area (Å²) in [5.41, 5.74) is 2.64. The monoisotopic (exact) mass is 147 g/mol. The lowest BCUT2D eigenvalue weighted by Crippen LogP contribution is -2.25. The van der Waals surface area contributed by atoms with Crippen molar-refractivity contribution in [1.82, 2.24) is 5.48 Å². The number of carboxylic acids is 1. The summed E-state index contributed by atoms with van der Waals surface area (Å²) in [5.74, 6) is -0.773. The van der Waals surface area contributed by atoms with Gasteiger partial charge in [-0.25, -0.2) is 5.48 Å². The second-order valence-corrected chi connectivity index (χ2v) is 2.16. The molecule has 0 aliphatic rings. The topological polar surface area (TPSA) is 58.6 Å². The van der Waals surface area contributed by atoms with E-state index in [-0.39, 0.29) is 12.5 Å². The lowest BCUT2D eigenvalue weighted by atomic mass is 10.2. The Kier molecular flexibility index (Phi) is 4.88. The minimum absolute atomic E-state index is 0.0982. The van der Waals surface area contributed by atoms with Gasteiger partial charge in [-0.2, -0.15) is 0 Å². The standard InChI is InChI=1S/C6H13NO3/c1-5(7-10-2)3-4-6(8)9/h5,7H,3-4H2,1-2H3,(H,8,9). The molecule has 0 aliphatic heterocycles. The van der Waals surface area contributed by atoms with Crippen LogP contribution >= 0.6 is 0 Å². The summed E-state index contributed by atoms with van der Waals surface area (Å²) in [6, 6.07) is 0.0982. The molecule has 0 aromatic carbocycles. The number of hydrogen-bond donors (Lipinski definition) is 2. The van der Waals surface area contributed by atoms with Crippen LogP contribution < -0.4 is 5.48 Å². The van der Waals surface area contributed by atoms with Crippen LogP contribution in [0.3, 0.4) is 0 Å². The van der Waals surface area contributed by atoms with Crippen LogP contribution in [0.15, 0.2) is 0 Å². The van der Waals surface area contributed by atoms with Crippen LogP contribution in [0.4, 0.5) is 0 Å². The van der Waals surface area contributed by atoms with E-state index in [1.54, 1.807) is 0 Å². The third-order valence-corrected chi connectivity index (χ3v) is 1.11. The maximum Gasteiger partial charge on any atom is 0.303 e. The number of aliphatic carboxylic acids is 1. The zero-order valence-corrected chi connectivity index (χ0v) is 6.26. The lowest BCUT2D eigenvalue weighted by molar-refractivity contribution is -0.137. The van der Waals surface area contributed by atoms with Crippen molar-refractivity contribution in [3.8, 4) is 0 Å². The lowest BCUT2D eigenvalue weighted by Gasteiger charge is -2.08. The van der Waals surface area contributed by atoms with Crippen molar-refractivity contribution in [2.75, 3.05) is 7.11 Å². The highest BCUT2D eigenvalue weighted by atomic mass is 16.6. The van der Waals surface area contributed by atoms with Gasteiger partial charge in [0.1, 0.15) is 0 Å². The Bertz CT molecular complexity index is 105. The smallest absolute Gasteiger partial charge is 0.303 e. The van der Waals surface area contributed by atoms with Crippen molar-refractivity contribution in [3.63, 3.8) is 0 Å². The fourth-order valence-electron chi connectivity index (χ4n) is 0.600. The number of nitrogens with one attached hydrogen (secondary N) is 1. The van der Waals surface area contributed by atoms with Crippen LogP contribution in [0.1, 0.15) is 19.8 Å². The van der Waals surface area contributed by atoms with E-state index >= 15 is 0 Å². The molecule has 0 bridgehead atoms. The molecule has 0 aliphatic carbocycles. The predicted molar refractivity (Wildman–Crippen MR) is 36.5 cm³/mol. The summed E-state index contributed by atoms with van der Waals surface area (Å²) in [6.45, 7) is 1.87. The summed E-state index contributed by atoms with van der Waals surface area (Å²) in [4.78, 5) is 14.6. The molecule has 4 heteroatoms. The van der Waals surface area contributed by atoms with Gasteiger partial charge in [-0.1, -0.05) is 0 Å². The van der Waals surface area contributed by atoms with Gasteiger partial charge >= 0.3 is 5.97 Å². The summed E-state index contributed by atoms with van der Waals surface area (Å²) in [5, 5.41) is 8.26. The maximum atomic E-state index is 10.0. The third-order valence-electron chi connectivity index (χ3n) is 1.11. The predicted octanol–water partition coefficient (Wildman–Crippen LogP) is 0.391. The number of rotatable bonds is 5. The van der Waals surface area contributed by atoms with Gasteiger partial charge in [-0.15, -0.1) is 0 Å². The van der Waals surface area contributed by atoms with E-state index < -0.39 is 5.97 Å². The van der Waals surface area contributed by atoms with Gasteiger partial charge in [0.05, 0.1) is 7.11 Å². The van der Waals surface area contributed by atoms with Crippen LogP contribution in [-0.4, -0.2) is 24.2 Å². The molecule has 60 valence electrons. The molecule has 1 unspecified atom stereocenters. The Morgan fingerprint density at radius 3 is 2.80 bits per heavy atom. The molecule has 4 nitrogen and oxygen atoms in total. The highest BCUT2D eigenvalue weighted by molar-refractivity contribution is 5.66. The largest absolute Gasteiger partial charge is 0.481 e. The summed E-state index contributed by atoms with van der Waals surface area (Å²) >= 11 is 0. The number of carboxylic acid groups (broad SMARTS) is 1. The van der Waals surface area contributed by atoms with Crippen LogP contribution in [0.2, 0.25) is 0 Å². The Balaban J connectivity index is 3.21. The average Bonchev–Trinajstić information content (AvgIpc) is 1.85. The molecule has 0 saturated heterocycles. The molecule has 0 fully saturated rings. The van der Waals surface area contributed by atoms with E-state index in [4.69, 9.17) is 5.11 Å². The minimum Gasteiger partial charge on any atom is -0.481 e. The Morgan fingerprint density at radius 2 is 2.40 bits per heavy atom. The molecule has 2 N–H and O–H groups in total. The van der Waals surface area contributed by atoms with Gasteiger partial charge < -0.3 is 9.94 Å². The van der Waals surface area contributed by atoms with Gasteiger partial charge in [0.25, 0.3) is 0 Å². The van der Waals surface area contributed by atoms with Crippen LogP contribution in [-0.2, 0) is 9.63 Å². The molecular formula is C6H13NO3. The molecular weight excluding hydrogens is 134 g/mol. The zero-order chi connectivity index (χ0) is 7.98. The Labute approximate surface area is 60.1 Å². The molecule has 1 atom stereocenters. The second kappa shape index (κ2) is 5.20. The number of carbonyl (C=O) groups is 1. The fourth-order valence-corrected chi connectivity index (χ4v) is 0.600. The quantitative estimate of drug-likeness (QED) is 0.552. The number of hydroxylamine groups is 1. The fraction of sp³-hybridized carbons (Fsp3) is 0.833. The van der Waals surface area contributed by atoms with E-state index in [9.17, 15) is 4.79 Å². The molecule has 0 spiro atoms. The van der Waals surface area contributed by atoms with Crippen molar-refractivity contribution in [2.24, 2.45) is 0 Å². The van der Waals surface area contributed by atoms with Gasteiger partial charge in [0.2, 0.25) is 0 Å². The molecule has 0 aromatic heterocycles. The molecule has 0 rings (SSSR count). The first-order chi connectivity index (χ1) is 4.66. The summed E-state index contributed by atoms with van der Waals surface area (Å²) in [6.07, 6.45) is 0.765. The molecule has 0 amide bonds. The van der Waals surface area contributed by atoms with Crippen molar-refractivity contribution in [2.45, 2.75) is 25.8 Å². The van der Waals surface area contributed by atoms with Crippen molar-refractivity contribution >= 4 is 5.97 Å². The molecule has 0 saturated carbocycles. The van der Waals surface area contributed by atoms with E-state index in [0.717, 1.165) is 0 Å². The zero-order valence-electron chi connectivity index (χ0n) is 6.26. The second-order valence-electron chi connectivity index (χ2n) is 2.16. The molecule has 0 heterocycles. The summed E-state index contributed by atoms with van der Waals surface area (Å²) < 4.78 is 0. The van der Waals surface area contributed by atoms with Crippen molar-refractivity contribution < 1.29 is 14.7 Å². The minimum atomic E-state index is -0.773. The highest BCUT2D eigenvalue weighted by Gasteiger charge is 2.02. The maximum absolute atomic E-state index is 10.0. The Hall–Kier alpha value is -0.610. The summed E-state index contributed by atoms with van der Waals surface area (Å²) in [7, 11) is 1.51. The van der Waals surface area contributed by atoms with Gasteiger partial charge in [-0.05, 0) is 13.3 Å².